The Morgan fingerprint density at radius 3 is 2.48 bits per heavy atom. The quantitative estimate of drug-likeness (QED) is 0.846. The van der Waals surface area contributed by atoms with Gasteiger partial charge in [0, 0.05) is 29.9 Å². The lowest BCUT2D eigenvalue weighted by molar-refractivity contribution is 0.0222. The van der Waals surface area contributed by atoms with Gasteiger partial charge in [0.25, 0.3) is 5.91 Å². The van der Waals surface area contributed by atoms with E-state index in [-0.39, 0.29) is 12.0 Å². The minimum Gasteiger partial charge on any atom is -0.444 e. The summed E-state index contributed by atoms with van der Waals surface area (Å²) < 4.78 is 5.45. The van der Waals surface area contributed by atoms with Gasteiger partial charge in [0.1, 0.15) is 5.60 Å². The molecule has 0 aliphatic carbocycles. The number of fused-ring (bicyclic) bond motifs is 1. The molecule has 2 heterocycles. The van der Waals surface area contributed by atoms with Gasteiger partial charge in [-0.3, -0.25) is 9.89 Å². The van der Waals surface area contributed by atoms with Crippen molar-refractivity contribution in [3.63, 3.8) is 0 Å². The van der Waals surface area contributed by atoms with Crippen molar-refractivity contribution in [2.24, 2.45) is 0 Å². The van der Waals surface area contributed by atoms with E-state index in [1.807, 2.05) is 52.8 Å². The van der Waals surface area contributed by atoms with Gasteiger partial charge >= 0.3 is 6.09 Å². The van der Waals surface area contributed by atoms with Gasteiger partial charge in [-0.1, -0.05) is 6.07 Å². The van der Waals surface area contributed by atoms with Crippen molar-refractivity contribution >= 4 is 17.7 Å². The molecule has 1 aliphatic heterocycles. The zero-order chi connectivity index (χ0) is 19.8. The summed E-state index contributed by atoms with van der Waals surface area (Å²) in [5, 5.41) is 10.0. The van der Waals surface area contributed by atoms with Crippen molar-refractivity contribution in [1.82, 2.24) is 15.1 Å². The van der Waals surface area contributed by atoms with Gasteiger partial charge in [-0.15, -0.1) is 0 Å². The number of carbonyl (C=O) groups excluding carboxylic acids is 2. The molecule has 0 spiro atoms. The summed E-state index contributed by atoms with van der Waals surface area (Å²) in [6.07, 6.45) is 0.230. The maximum atomic E-state index is 12.7. The molecular formula is C20H26N4O3. The van der Waals surface area contributed by atoms with Crippen LogP contribution in [0.25, 0.3) is 0 Å². The van der Waals surface area contributed by atoms with Crippen molar-refractivity contribution in [2.75, 3.05) is 11.9 Å². The van der Waals surface area contributed by atoms with Crippen LogP contribution in [0.5, 0.6) is 0 Å². The summed E-state index contributed by atoms with van der Waals surface area (Å²) in [6.45, 7) is 10.3. The molecule has 0 bridgehead atoms. The predicted octanol–water partition coefficient (Wildman–Crippen LogP) is 3.57. The van der Waals surface area contributed by atoms with Gasteiger partial charge in [-0.05, 0) is 57.9 Å². The van der Waals surface area contributed by atoms with E-state index in [2.05, 4.69) is 15.5 Å². The predicted molar refractivity (Wildman–Crippen MR) is 103 cm³/mol. The Labute approximate surface area is 159 Å². The molecule has 0 fully saturated rings. The van der Waals surface area contributed by atoms with Gasteiger partial charge in [-0.2, -0.15) is 5.10 Å². The maximum absolute atomic E-state index is 12.7. The number of carbonyl (C=O) groups is 2. The molecule has 2 amide bonds. The van der Waals surface area contributed by atoms with Gasteiger partial charge in [0.05, 0.1) is 6.54 Å². The summed E-state index contributed by atoms with van der Waals surface area (Å²) >= 11 is 0. The molecule has 1 aromatic heterocycles. The van der Waals surface area contributed by atoms with Crippen LogP contribution in [0.3, 0.4) is 0 Å². The summed E-state index contributed by atoms with van der Waals surface area (Å²) in [7, 11) is 0. The molecule has 7 nitrogen and oxygen atoms in total. The molecule has 3 rings (SSSR count). The molecule has 0 saturated heterocycles. The van der Waals surface area contributed by atoms with E-state index in [0.717, 1.165) is 28.1 Å². The van der Waals surface area contributed by atoms with Gasteiger partial charge < -0.3 is 15.0 Å². The molecule has 1 aromatic carbocycles. The first-order valence-electron chi connectivity index (χ1n) is 9.06. The number of anilines is 1. The van der Waals surface area contributed by atoms with Gasteiger partial charge in [0.2, 0.25) is 0 Å². The molecular weight excluding hydrogens is 344 g/mol. The van der Waals surface area contributed by atoms with Crippen LogP contribution in [0.1, 0.15) is 53.6 Å². The highest BCUT2D eigenvalue weighted by molar-refractivity contribution is 6.04. The lowest BCUT2D eigenvalue weighted by Crippen LogP contribution is -2.40. The van der Waals surface area contributed by atoms with Crippen molar-refractivity contribution in [3.8, 4) is 0 Å². The lowest BCUT2D eigenvalue weighted by atomic mass is 10.1. The number of hydrogen-bond donors (Lipinski definition) is 2. The van der Waals surface area contributed by atoms with Crippen LogP contribution in [0, 0.1) is 13.8 Å². The number of aromatic nitrogens is 2. The Hall–Kier alpha value is -2.83. The minimum absolute atomic E-state index is 0.288. The number of aryl methyl sites for hydroxylation is 2. The average Bonchev–Trinajstić information content (AvgIpc) is 2.95. The van der Waals surface area contributed by atoms with Crippen LogP contribution in [0.4, 0.5) is 10.5 Å². The van der Waals surface area contributed by atoms with E-state index in [1.165, 1.54) is 0 Å². The first-order chi connectivity index (χ1) is 12.6. The van der Waals surface area contributed by atoms with Crippen molar-refractivity contribution in [2.45, 2.75) is 53.2 Å². The molecule has 0 unspecified atom stereocenters. The second-order valence-corrected chi connectivity index (χ2v) is 8.01. The SMILES string of the molecule is Cc1cc(C)cc(NC(=O)c2n[nH]c3c2CN(C(=O)OC(C)(C)C)CC3)c1. The fourth-order valence-corrected chi connectivity index (χ4v) is 3.20. The third-order valence-corrected chi connectivity index (χ3v) is 4.28. The lowest BCUT2D eigenvalue weighted by Gasteiger charge is -2.30. The molecule has 1 aliphatic rings. The fourth-order valence-electron chi connectivity index (χ4n) is 3.20. The highest BCUT2D eigenvalue weighted by atomic mass is 16.6. The number of H-pyrrole nitrogens is 1. The van der Waals surface area contributed by atoms with Crippen LogP contribution < -0.4 is 5.32 Å². The maximum Gasteiger partial charge on any atom is 0.410 e. The number of nitrogens with one attached hydrogen (secondary N) is 2. The van der Waals surface area contributed by atoms with E-state index in [4.69, 9.17) is 4.74 Å². The largest absolute Gasteiger partial charge is 0.444 e. The molecule has 7 heteroatoms. The highest BCUT2D eigenvalue weighted by Crippen LogP contribution is 2.23. The van der Waals surface area contributed by atoms with E-state index in [1.54, 1.807) is 4.90 Å². The van der Waals surface area contributed by atoms with E-state index < -0.39 is 5.60 Å². The Balaban J connectivity index is 1.77. The Kier molecular flexibility index (Phi) is 4.95. The molecule has 0 radical (unpaired) electrons. The third-order valence-electron chi connectivity index (χ3n) is 4.28. The Morgan fingerprint density at radius 2 is 1.85 bits per heavy atom. The summed E-state index contributed by atoms with van der Waals surface area (Å²) in [6, 6.07) is 5.87. The van der Waals surface area contributed by atoms with E-state index in [0.29, 0.717) is 25.2 Å². The van der Waals surface area contributed by atoms with Crippen LogP contribution in [0.2, 0.25) is 0 Å². The normalized spacial score (nSPS) is 13.9. The second kappa shape index (κ2) is 7.06. The number of amides is 2. The number of aromatic amines is 1. The number of nitrogens with zero attached hydrogens (tertiary/aromatic N) is 2. The molecule has 27 heavy (non-hydrogen) atoms. The van der Waals surface area contributed by atoms with Crippen LogP contribution in [-0.2, 0) is 17.7 Å². The average molecular weight is 370 g/mol. The smallest absolute Gasteiger partial charge is 0.410 e. The second-order valence-electron chi connectivity index (χ2n) is 8.01. The van der Waals surface area contributed by atoms with Crippen LogP contribution in [0.15, 0.2) is 18.2 Å². The van der Waals surface area contributed by atoms with E-state index >= 15 is 0 Å². The standard InChI is InChI=1S/C20H26N4O3/c1-12-8-13(2)10-14(9-12)21-18(25)17-15-11-24(7-6-16(15)22-23-17)19(26)27-20(3,4)5/h8-10H,6-7,11H2,1-5H3,(H,21,25)(H,22,23). The topological polar surface area (TPSA) is 87.3 Å². The van der Waals surface area contributed by atoms with Crippen molar-refractivity contribution in [3.05, 3.63) is 46.3 Å². The summed E-state index contributed by atoms with van der Waals surface area (Å²) in [5.74, 6) is -0.288. The number of rotatable bonds is 2. The highest BCUT2D eigenvalue weighted by Gasteiger charge is 2.30. The molecule has 0 saturated carbocycles. The monoisotopic (exact) mass is 370 g/mol. The van der Waals surface area contributed by atoms with Crippen molar-refractivity contribution in [1.29, 1.82) is 0 Å². The molecule has 2 aromatic rings. The number of ether oxygens (including phenoxy) is 1. The van der Waals surface area contributed by atoms with Crippen molar-refractivity contribution < 1.29 is 14.3 Å². The minimum atomic E-state index is -0.559. The molecule has 144 valence electrons. The Bertz CT molecular complexity index is 860. The van der Waals surface area contributed by atoms with Gasteiger partial charge in [0.15, 0.2) is 5.69 Å². The summed E-state index contributed by atoms with van der Waals surface area (Å²) in [5.41, 5.74) is 4.27. The van der Waals surface area contributed by atoms with Crippen LogP contribution in [-0.4, -0.2) is 39.2 Å². The first kappa shape index (κ1) is 18.9. The zero-order valence-corrected chi connectivity index (χ0v) is 16.5. The first-order valence-corrected chi connectivity index (χ1v) is 9.06. The van der Waals surface area contributed by atoms with E-state index in [9.17, 15) is 9.59 Å². The van der Waals surface area contributed by atoms with Crippen LogP contribution >= 0.6 is 0 Å². The third kappa shape index (κ3) is 4.48. The number of hydrogen-bond acceptors (Lipinski definition) is 4. The van der Waals surface area contributed by atoms with Gasteiger partial charge in [-0.25, -0.2) is 4.79 Å². The zero-order valence-electron chi connectivity index (χ0n) is 16.5. The summed E-state index contributed by atoms with van der Waals surface area (Å²) in [4.78, 5) is 26.7. The fraction of sp³-hybridized carbons (Fsp3) is 0.450. The Morgan fingerprint density at radius 1 is 1.19 bits per heavy atom. The molecule has 0 atom stereocenters. The number of benzene rings is 1. The molecule has 2 N–H and O–H groups in total.